The van der Waals surface area contributed by atoms with Crippen molar-refractivity contribution < 1.29 is 19.1 Å². The maximum atomic E-state index is 12.8. The van der Waals surface area contributed by atoms with Crippen molar-refractivity contribution in [2.75, 3.05) is 13.2 Å². The fourth-order valence-corrected chi connectivity index (χ4v) is 4.36. The molecular formula is C24H27ClN2O4. The van der Waals surface area contributed by atoms with Gasteiger partial charge in [-0.3, -0.25) is 9.59 Å². The third-order valence-electron chi connectivity index (χ3n) is 5.74. The maximum Gasteiger partial charge on any atom is 0.225 e. The van der Waals surface area contributed by atoms with Crippen molar-refractivity contribution in [3.8, 4) is 11.5 Å². The summed E-state index contributed by atoms with van der Waals surface area (Å²) in [6.45, 7) is 5.65. The second kappa shape index (κ2) is 9.18. The summed E-state index contributed by atoms with van der Waals surface area (Å²) in [5.41, 5.74) is 2.88. The quantitative estimate of drug-likeness (QED) is 0.709. The number of fused-ring (bicyclic) bond motifs is 1. The Labute approximate surface area is 187 Å². The van der Waals surface area contributed by atoms with Gasteiger partial charge < -0.3 is 19.7 Å². The number of carbonyl (C=O) groups is 2. The van der Waals surface area contributed by atoms with E-state index in [0.717, 1.165) is 34.6 Å². The molecule has 6 nitrogen and oxygen atoms in total. The monoisotopic (exact) mass is 442 g/mol. The van der Waals surface area contributed by atoms with Crippen molar-refractivity contribution in [3.63, 3.8) is 0 Å². The van der Waals surface area contributed by atoms with Crippen LogP contribution in [0.5, 0.6) is 11.5 Å². The molecule has 0 bridgehead atoms. The molecule has 2 aromatic carbocycles. The van der Waals surface area contributed by atoms with E-state index in [1.165, 1.54) is 0 Å². The molecule has 2 atom stereocenters. The van der Waals surface area contributed by atoms with E-state index in [4.69, 9.17) is 21.1 Å². The summed E-state index contributed by atoms with van der Waals surface area (Å²) in [5.74, 6) is 1.07. The largest absolute Gasteiger partial charge is 0.494 e. The van der Waals surface area contributed by atoms with E-state index >= 15 is 0 Å². The number of nitrogens with zero attached hydrogens (tertiary/aromatic N) is 1. The van der Waals surface area contributed by atoms with Crippen LogP contribution in [-0.2, 0) is 29.1 Å². The SMILES string of the molecule is CCOc1cc2c(cc1CNC(=O)C1CC(=O)N(Cc3ccccc3Cl)C1)OC(C)C2. The molecule has 0 saturated carbocycles. The fourth-order valence-electron chi connectivity index (χ4n) is 4.17. The average molecular weight is 443 g/mol. The van der Waals surface area contributed by atoms with E-state index in [1.807, 2.05) is 44.2 Å². The number of hydrogen-bond acceptors (Lipinski definition) is 4. The fraction of sp³-hybridized carbons (Fsp3) is 0.417. The van der Waals surface area contributed by atoms with Crippen molar-refractivity contribution in [1.82, 2.24) is 10.2 Å². The van der Waals surface area contributed by atoms with Crippen molar-refractivity contribution in [1.29, 1.82) is 0 Å². The van der Waals surface area contributed by atoms with Crippen LogP contribution >= 0.6 is 11.6 Å². The van der Waals surface area contributed by atoms with Gasteiger partial charge in [-0.2, -0.15) is 0 Å². The predicted octanol–water partition coefficient (Wildman–Crippen LogP) is 3.73. The maximum absolute atomic E-state index is 12.8. The van der Waals surface area contributed by atoms with E-state index in [-0.39, 0.29) is 30.3 Å². The molecule has 1 saturated heterocycles. The van der Waals surface area contributed by atoms with E-state index in [2.05, 4.69) is 5.32 Å². The smallest absolute Gasteiger partial charge is 0.225 e. The van der Waals surface area contributed by atoms with Gasteiger partial charge in [0.05, 0.1) is 12.5 Å². The Kier molecular flexibility index (Phi) is 6.37. The molecule has 2 heterocycles. The minimum absolute atomic E-state index is 0.0324. The predicted molar refractivity (Wildman–Crippen MR) is 118 cm³/mol. The number of rotatable bonds is 7. The van der Waals surface area contributed by atoms with Crippen LogP contribution in [0.4, 0.5) is 0 Å². The highest BCUT2D eigenvalue weighted by Crippen LogP contribution is 2.35. The minimum atomic E-state index is -0.378. The third kappa shape index (κ3) is 4.79. The Morgan fingerprint density at radius 3 is 2.84 bits per heavy atom. The van der Waals surface area contributed by atoms with Gasteiger partial charge in [-0.25, -0.2) is 0 Å². The molecule has 2 unspecified atom stereocenters. The molecule has 0 aliphatic carbocycles. The normalized spacial score (nSPS) is 19.8. The van der Waals surface area contributed by atoms with E-state index in [1.54, 1.807) is 11.0 Å². The van der Waals surface area contributed by atoms with Gasteiger partial charge in [0.1, 0.15) is 17.6 Å². The first-order valence-corrected chi connectivity index (χ1v) is 11.1. The molecule has 1 N–H and O–H groups in total. The van der Waals surface area contributed by atoms with E-state index in [0.29, 0.717) is 31.3 Å². The molecule has 0 radical (unpaired) electrons. The lowest BCUT2D eigenvalue weighted by Gasteiger charge is -2.18. The number of ether oxygens (including phenoxy) is 2. The summed E-state index contributed by atoms with van der Waals surface area (Å²) < 4.78 is 11.6. The highest BCUT2D eigenvalue weighted by molar-refractivity contribution is 6.31. The van der Waals surface area contributed by atoms with Gasteiger partial charge in [-0.1, -0.05) is 29.8 Å². The van der Waals surface area contributed by atoms with Crippen LogP contribution in [0, 0.1) is 5.92 Å². The molecule has 4 rings (SSSR count). The number of nitrogens with one attached hydrogen (secondary N) is 1. The van der Waals surface area contributed by atoms with Crippen LogP contribution < -0.4 is 14.8 Å². The summed E-state index contributed by atoms with van der Waals surface area (Å²) in [4.78, 5) is 26.9. The summed E-state index contributed by atoms with van der Waals surface area (Å²) >= 11 is 6.22. The lowest BCUT2D eigenvalue weighted by Crippen LogP contribution is -2.32. The molecule has 7 heteroatoms. The van der Waals surface area contributed by atoms with Crippen LogP contribution in [0.15, 0.2) is 36.4 Å². The molecule has 31 heavy (non-hydrogen) atoms. The summed E-state index contributed by atoms with van der Waals surface area (Å²) in [5, 5.41) is 3.60. The van der Waals surface area contributed by atoms with Crippen LogP contribution in [0.25, 0.3) is 0 Å². The van der Waals surface area contributed by atoms with Gasteiger partial charge in [-0.15, -0.1) is 0 Å². The standard InChI is InChI=1S/C24H27ClN2O4/c1-3-30-21-9-17-8-15(2)31-22(17)10-18(21)12-26-24(29)19-11-23(28)27(14-19)13-16-6-4-5-7-20(16)25/h4-7,9-10,15,19H,3,8,11-14H2,1-2H3,(H,26,29). The molecule has 164 valence electrons. The molecule has 1 fully saturated rings. The highest BCUT2D eigenvalue weighted by atomic mass is 35.5. The van der Waals surface area contributed by atoms with Crippen molar-refractivity contribution >= 4 is 23.4 Å². The third-order valence-corrected chi connectivity index (χ3v) is 6.11. The Bertz CT molecular complexity index is 994. The van der Waals surface area contributed by atoms with Crippen molar-refractivity contribution in [2.24, 2.45) is 5.92 Å². The van der Waals surface area contributed by atoms with Crippen LogP contribution in [0.2, 0.25) is 5.02 Å². The summed E-state index contributed by atoms with van der Waals surface area (Å²) in [6, 6.07) is 11.4. The Balaban J connectivity index is 1.39. The first kappa shape index (κ1) is 21.5. The van der Waals surface area contributed by atoms with E-state index in [9.17, 15) is 9.59 Å². The number of hydrogen-bond donors (Lipinski definition) is 1. The van der Waals surface area contributed by atoms with Gasteiger partial charge in [0.2, 0.25) is 11.8 Å². The highest BCUT2D eigenvalue weighted by Gasteiger charge is 2.34. The number of benzene rings is 2. The molecule has 2 aliphatic rings. The van der Waals surface area contributed by atoms with Crippen LogP contribution in [0.1, 0.15) is 37.0 Å². The molecule has 0 aromatic heterocycles. The molecular weight excluding hydrogens is 416 g/mol. The zero-order valence-electron chi connectivity index (χ0n) is 17.8. The number of likely N-dealkylation sites (tertiary alicyclic amines) is 1. The second-order valence-electron chi connectivity index (χ2n) is 8.12. The van der Waals surface area contributed by atoms with Gasteiger partial charge in [-0.05, 0) is 37.6 Å². The Hall–Kier alpha value is -2.73. The molecule has 0 spiro atoms. The van der Waals surface area contributed by atoms with Crippen LogP contribution in [0.3, 0.4) is 0 Å². The number of carbonyl (C=O) groups excluding carboxylic acids is 2. The molecule has 2 amide bonds. The van der Waals surface area contributed by atoms with Crippen molar-refractivity contribution in [3.05, 3.63) is 58.1 Å². The number of amides is 2. The van der Waals surface area contributed by atoms with Crippen molar-refractivity contribution in [2.45, 2.75) is 45.9 Å². The summed E-state index contributed by atoms with van der Waals surface area (Å²) in [6.07, 6.45) is 1.20. The Morgan fingerprint density at radius 2 is 2.06 bits per heavy atom. The lowest BCUT2D eigenvalue weighted by atomic mass is 10.1. The first-order chi connectivity index (χ1) is 14.9. The average Bonchev–Trinajstić information content (AvgIpc) is 3.29. The van der Waals surface area contributed by atoms with Gasteiger partial charge in [0.25, 0.3) is 0 Å². The van der Waals surface area contributed by atoms with Gasteiger partial charge in [0.15, 0.2) is 0 Å². The topological polar surface area (TPSA) is 67.9 Å². The number of halogens is 1. The first-order valence-electron chi connectivity index (χ1n) is 10.7. The molecule has 2 aromatic rings. The second-order valence-corrected chi connectivity index (χ2v) is 8.52. The van der Waals surface area contributed by atoms with Gasteiger partial charge >= 0.3 is 0 Å². The zero-order valence-corrected chi connectivity index (χ0v) is 18.6. The van der Waals surface area contributed by atoms with Gasteiger partial charge in [0, 0.05) is 48.6 Å². The van der Waals surface area contributed by atoms with E-state index < -0.39 is 0 Å². The molecule has 2 aliphatic heterocycles. The minimum Gasteiger partial charge on any atom is -0.494 e. The van der Waals surface area contributed by atoms with Crippen LogP contribution in [-0.4, -0.2) is 36.0 Å². The zero-order chi connectivity index (χ0) is 22.0. The lowest BCUT2D eigenvalue weighted by molar-refractivity contribution is -0.129. The summed E-state index contributed by atoms with van der Waals surface area (Å²) in [7, 11) is 0. The Morgan fingerprint density at radius 1 is 1.26 bits per heavy atom.